The Balaban J connectivity index is 0.957. The first kappa shape index (κ1) is 31.5. The highest BCUT2D eigenvalue weighted by molar-refractivity contribution is 6.11. The van der Waals surface area contributed by atoms with Crippen LogP contribution in [-0.2, 0) is 0 Å². The second kappa shape index (κ2) is 11.9. The van der Waals surface area contributed by atoms with Gasteiger partial charge in [-0.2, -0.15) is 0 Å². The second-order valence-electron chi connectivity index (χ2n) is 15.3. The summed E-state index contributed by atoms with van der Waals surface area (Å²) in [6.45, 7) is 0. The van der Waals surface area contributed by atoms with Crippen molar-refractivity contribution in [1.82, 2.24) is 14.5 Å². The molecule has 11 aromatic rings. The van der Waals surface area contributed by atoms with E-state index in [9.17, 15) is 0 Å². The van der Waals surface area contributed by atoms with E-state index in [1.54, 1.807) is 0 Å². The number of hydrogen-bond donors (Lipinski definition) is 0. The highest BCUT2D eigenvalue weighted by Gasteiger charge is 2.39. The molecular weight excluding hydrogens is 713 g/mol. The normalized spacial score (nSPS) is 16.1. The maximum absolute atomic E-state index is 6.14. The Bertz CT molecular complexity index is 3570. The predicted molar refractivity (Wildman–Crippen MR) is 235 cm³/mol. The van der Waals surface area contributed by atoms with Crippen LogP contribution in [0.4, 0.5) is 11.5 Å². The zero-order valence-electron chi connectivity index (χ0n) is 31.1. The summed E-state index contributed by atoms with van der Waals surface area (Å²) in [4.78, 5) is 13.1. The summed E-state index contributed by atoms with van der Waals surface area (Å²) in [5.41, 5.74) is 12.2. The van der Waals surface area contributed by atoms with Crippen LogP contribution >= 0.6 is 0 Å². The van der Waals surface area contributed by atoms with Crippen LogP contribution in [0.1, 0.15) is 11.5 Å². The van der Waals surface area contributed by atoms with Crippen molar-refractivity contribution < 1.29 is 8.83 Å². The van der Waals surface area contributed by atoms with Gasteiger partial charge in [-0.3, -0.25) is 4.57 Å². The number of rotatable bonds is 4. The van der Waals surface area contributed by atoms with Crippen molar-refractivity contribution in [3.05, 3.63) is 188 Å². The van der Waals surface area contributed by atoms with Crippen LogP contribution in [0, 0.1) is 0 Å². The molecule has 1 aliphatic carbocycles. The Morgan fingerprint density at radius 1 is 0.431 bits per heavy atom. The van der Waals surface area contributed by atoms with Crippen LogP contribution in [0.2, 0.25) is 0 Å². The molecule has 1 aliphatic heterocycles. The molecule has 2 unspecified atom stereocenters. The zero-order chi connectivity index (χ0) is 37.9. The van der Waals surface area contributed by atoms with Gasteiger partial charge in [0.2, 0.25) is 0 Å². The Morgan fingerprint density at radius 2 is 1.02 bits per heavy atom. The first-order valence-electron chi connectivity index (χ1n) is 19.7. The number of para-hydroxylation sites is 3. The van der Waals surface area contributed by atoms with E-state index in [4.69, 9.17) is 18.8 Å². The minimum absolute atomic E-state index is 0.0876. The van der Waals surface area contributed by atoms with E-state index in [2.05, 4.69) is 167 Å². The quantitative estimate of drug-likeness (QED) is 0.180. The molecule has 6 nitrogen and oxygen atoms in total. The SMILES string of the molecule is C1=CC2c3cc4c(cc3N(c3cccc(-c5ccc6oc7ccccc7c6c5)n3)C2C=C1)c1ccccc1n4-c1cccc(-c2ccc3oc4ccccc4c3c2)n1. The Kier molecular flexibility index (Phi) is 6.46. The van der Waals surface area contributed by atoms with Crippen LogP contribution in [-0.4, -0.2) is 20.6 Å². The fourth-order valence-electron chi connectivity index (χ4n) is 9.51. The van der Waals surface area contributed by atoms with Gasteiger partial charge in [-0.1, -0.05) is 91.0 Å². The van der Waals surface area contributed by atoms with Gasteiger partial charge in [-0.05, 0) is 96.6 Å². The van der Waals surface area contributed by atoms with E-state index in [-0.39, 0.29) is 12.0 Å². The van der Waals surface area contributed by atoms with Crippen molar-refractivity contribution in [3.8, 4) is 28.3 Å². The number of benzene rings is 6. The number of aromatic nitrogens is 3. The monoisotopic (exact) mass is 744 g/mol. The molecule has 6 heteroatoms. The third-order valence-electron chi connectivity index (χ3n) is 12.1. The summed E-state index contributed by atoms with van der Waals surface area (Å²) >= 11 is 0. The molecule has 0 radical (unpaired) electrons. The summed E-state index contributed by atoms with van der Waals surface area (Å²) in [6.07, 6.45) is 8.98. The molecule has 58 heavy (non-hydrogen) atoms. The number of fused-ring (bicyclic) bond motifs is 12. The molecule has 5 aromatic heterocycles. The van der Waals surface area contributed by atoms with Crippen molar-refractivity contribution in [2.24, 2.45) is 0 Å². The standard InChI is InChI=1S/C52H32N4O2/c1-5-17-43-33(11-1)37-29-46-38(30-45(37)55(43)51-21-9-15-41(53-51)31-23-25-49-39(27-31)35-13-3-7-19-47(35)57-49)34-12-2-6-18-44(34)56(46)52-22-10-16-42(54-52)32-24-26-50-40(28-32)36-14-4-8-20-48(36)58-50/h1-30,33,43H. The Labute approximate surface area is 332 Å². The fourth-order valence-corrected chi connectivity index (χ4v) is 9.51. The van der Waals surface area contributed by atoms with Crippen molar-refractivity contribution in [1.29, 1.82) is 0 Å². The first-order valence-corrected chi connectivity index (χ1v) is 19.7. The van der Waals surface area contributed by atoms with E-state index in [1.807, 2.05) is 24.3 Å². The van der Waals surface area contributed by atoms with Gasteiger partial charge in [0.05, 0.1) is 28.5 Å². The topological polar surface area (TPSA) is 60.2 Å². The summed E-state index contributed by atoms with van der Waals surface area (Å²) in [6, 6.07) is 55.4. The van der Waals surface area contributed by atoms with Gasteiger partial charge in [-0.25, -0.2) is 9.97 Å². The van der Waals surface area contributed by atoms with E-state index in [1.165, 1.54) is 22.0 Å². The van der Waals surface area contributed by atoms with E-state index in [0.717, 1.165) is 89.1 Å². The molecule has 0 amide bonds. The zero-order valence-corrected chi connectivity index (χ0v) is 31.1. The third kappa shape index (κ3) is 4.54. The molecular formula is C52H32N4O2. The lowest BCUT2D eigenvalue weighted by atomic mass is 9.91. The van der Waals surface area contributed by atoms with Gasteiger partial charge in [0, 0.05) is 55.0 Å². The van der Waals surface area contributed by atoms with Gasteiger partial charge in [0.15, 0.2) is 0 Å². The lowest BCUT2D eigenvalue weighted by molar-refractivity contribution is 0.668. The maximum atomic E-state index is 6.14. The van der Waals surface area contributed by atoms with E-state index in [0.29, 0.717) is 0 Å². The number of nitrogens with zero attached hydrogens (tertiary/aromatic N) is 4. The van der Waals surface area contributed by atoms with Gasteiger partial charge in [-0.15, -0.1) is 0 Å². The van der Waals surface area contributed by atoms with Crippen LogP contribution in [0.3, 0.4) is 0 Å². The van der Waals surface area contributed by atoms with Gasteiger partial charge in [0.1, 0.15) is 34.0 Å². The number of furan rings is 2. The van der Waals surface area contributed by atoms with Gasteiger partial charge in [0.25, 0.3) is 0 Å². The summed E-state index contributed by atoms with van der Waals surface area (Å²) in [5.74, 6) is 1.96. The Hall–Kier alpha value is -7.70. The second-order valence-corrected chi connectivity index (χ2v) is 15.3. The molecule has 2 atom stereocenters. The summed E-state index contributed by atoms with van der Waals surface area (Å²) in [5, 5.41) is 6.77. The molecule has 0 spiro atoms. The third-order valence-corrected chi connectivity index (χ3v) is 12.1. The molecule has 0 fully saturated rings. The van der Waals surface area contributed by atoms with Crippen molar-refractivity contribution in [2.45, 2.75) is 12.0 Å². The number of allylic oxidation sites excluding steroid dienone is 2. The molecule has 272 valence electrons. The first-order chi connectivity index (χ1) is 28.7. The maximum Gasteiger partial charge on any atom is 0.138 e. The average molecular weight is 745 g/mol. The number of hydrogen-bond acceptors (Lipinski definition) is 5. The fraction of sp³-hybridized carbons (Fsp3) is 0.0385. The molecule has 2 aliphatic rings. The molecule has 0 saturated heterocycles. The molecule has 0 saturated carbocycles. The van der Waals surface area contributed by atoms with Crippen LogP contribution < -0.4 is 4.90 Å². The van der Waals surface area contributed by atoms with Crippen molar-refractivity contribution in [2.75, 3.05) is 4.90 Å². The van der Waals surface area contributed by atoms with Gasteiger partial charge < -0.3 is 13.7 Å². The highest BCUT2D eigenvalue weighted by atomic mass is 16.3. The minimum atomic E-state index is 0.0876. The predicted octanol–water partition coefficient (Wildman–Crippen LogP) is 13.4. The molecule has 0 N–H and O–H groups in total. The van der Waals surface area contributed by atoms with E-state index < -0.39 is 0 Å². The number of anilines is 2. The van der Waals surface area contributed by atoms with Gasteiger partial charge >= 0.3 is 0 Å². The average Bonchev–Trinajstić information content (AvgIpc) is 4.03. The Morgan fingerprint density at radius 3 is 1.72 bits per heavy atom. The molecule has 13 rings (SSSR count). The summed E-state index contributed by atoms with van der Waals surface area (Å²) < 4.78 is 14.6. The van der Waals surface area contributed by atoms with Crippen molar-refractivity contribution >= 4 is 77.2 Å². The van der Waals surface area contributed by atoms with Crippen LogP contribution in [0.25, 0.3) is 94.0 Å². The number of pyridine rings is 2. The highest BCUT2D eigenvalue weighted by Crippen LogP contribution is 2.50. The lowest BCUT2D eigenvalue weighted by Gasteiger charge is -2.28. The van der Waals surface area contributed by atoms with Crippen molar-refractivity contribution in [3.63, 3.8) is 0 Å². The van der Waals surface area contributed by atoms with Crippen LogP contribution in [0.15, 0.2) is 191 Å². The minimum Gasteiger partial charge on any atom is -0.456 e. The molecule has 6 aromatic carbocycles. The largest absolute Gasteiger partial charge is 0.456 e. The van der Waals surface area contributed by atoms with Crippen LogP contribution in [0.5, 0.6) is 0 Å². The molecule has 6 heterocycles. The van der Waals surface area contributed by atoms with E-state index >= 15 is 0 Å². The lowest BCUT2D eigenvalue weighted by Crippen LogP contribution is -2.29. The molecule has 0 bridgehead atoms. The summed E-state index contributed by atoms with van der Waals surface area (Å²) in [7, 11) is 0. The smallest absolute Gasteiger partial charge is 0.138 e.